The lowest BCUT2D eigenvalue weighted by Gasteiger charge is -2.23. The molecule has 28 heavy (non-hydrogen) atoms. The fraction of sp³-hybridized carbons (Fsp3) is 0.167. The summed E-state index contributed by atoms with van der Waals surface area (Å²) in [4.78, 5) is 20.3. The quantitative estimate of drug-likeness (QED) is 0.449. The van der Waals surface area contributed by atoms with Gasteiger partial charge in [-0.2, -0.15) is 0 Å². The van der Waals surface area contributed by atoms with E-state index in [1.165, 1.54) is 10.6 Å². The maximum absolute atomic E-state index is 13.1. The molecule has 7 nitrogen and oxygen atoms in total. The normalized spacial score (nSPS) is 11.5. The second-order valence-corrected chi connectivity index (χ2v) is 7.21. The van der Waals surface area contributed by atoms with E-state index in [4.69, 9.17) is 16.3 Å². The predicted molar refractivity (Wildman–Crippen MR) is 103 cm³/mol. The van der Waals surface area contributed by atoms with E-state index in [1.54, 1.807) is 26.1 Å². The van der Waals surface area contributed by atoms with E-state index in [-0.39, 0.29) is 10.8 Å². The van der Waals surface area contributed by atoms with Crippen LogP contribution in [0, 0.1) is 19.7 Å². The van der Waals surface area contributed by atoms with Crippen LogP contribution in [0.5, 0.6) is 5.75 Å². The van der Waals surface area contributed by atoms with Crippen LogP contribution in [0.2, 0.25) is 5.02 Å². The van der Waals surface area contributed by atoms with Crippen LogP contribution in [-0.2, 0) is 5.97 Å². The summed E-state index contributed by atoms with van der Waals surface area (Å²) in [6, 6.07) is 5.07. The van der Waals surface area contributed by atoms with Crippen molar-refractivity contribution in [3.05, 3.63) is 79.4 Å². The standard InChI is InChI=1S/C18H14BrClFN3O4/c1-9-7-22-15(19)6-14(9)24-10(2)3-12(5-16(24)25)28-18(26,27)17-13(20)4-11(21)8-23-17/h3-8,26-27H,1-2H3. The third-order valence-corrected chi connectivity index (χ3v) is 4.57. The first-order valence-corrected chi connectivity index (χ1v) is 9.07. The number of nitrogens with zero attached hydrogens (tertiary/aromatic N) is 3. The van der Waals surface area contributed by atoms with Gasteiger partial charge in [-0.15, -0.1) is 0 Å². The van der Waals surface area contributed by atoms with Crippen molar-refractivity contribution in [2.45, 2.75) is 19.8 Å². The zero-order valence-electron chi connectivity index (χ0n) is 14.7. The highest BCUT2D eigenvalue weighted by Crippen LogP contribution is 2.28. The highest BCUT2D eigenvalue weighted by atomic mass is 79.9. The minimum Gasteiger partial charge on any atom is -0.434 e. The fourth-order valence-electron chi connectivity index (χ4n) is 2.64. The van der Waals surface area contributed by atoms with E-state index < -0.39 is 23.0 Å². The number of aliphatic hydroxyl groups is 2. The molecule has 0 aliphatic heterocycles. The molecule has 0 unspecified atom stereocenters. The van der Waals surface area contributed by atoms with Crippen LogP contribution in [-0.4, -0.2) is 24.7 Å². The lowest BCUT2D eigenvalue weighted by Crippen LogP contribution is -2.34. The Hall–Kier alpha value is -2.33. The van der Waals surface area contributed by atoms with Crippen LogP contribution in [0.4, 0.5) is 4.39 Å². The molecule has 0 saturated heterocycles. The smallest absolute Gasteiger partial charge is 0.370 e. The summed E-state index contributed by atoms with van der Waals surface area (Å²) >= 11 is 9.07. The molecule has 0 bridgehead atoms. The van der Waals surface area contributed by atoms with Gasteiger partial charge >= 0.3 is 5.97 Å². The number of aryl methyl sites for hydroxylation is 2. The first kappa shape index (κ1) is 20.4. The van der Waals surface area contributed by atoms with Crippen molar-refractivity contribution in [2.24, 2.45) is 0 Å². The van der Waals surface area contributed by atoms with Crippen molar-refractivity contribution in [3.63, 3.8) is 0 Å². The predicted octanol–water partition coefficient (Wildman–Crippen LogP) is 2.97. The summed E-state index contributed by atoms with van der Waals surface area (Å²) in [5.41, 5.74) is 0.871. The number of halogens is 3. The van der Waals surface area contributed by atoms with Gasteiger partial charge in [0, 0.05) is 24.0 Å². The summed E-state index contributed by atoms with van der Waals surface area (Å²) in [5.74, 6) is -3.84. The number of rotatable bonds is 4. The molecule has 0 atom stereocenters. The second kappa shape index (κ2) is 7.59. The Kier molecular flexibility index (Phi) is 5.53. The van der Waals surface area contributed by atoms with Gasteiger partial charge in [0.25, 0.3) is 5.56 Å². The topological polar surface area (TPSA) is 97.5 Å². The van der Waals surface area contributed by atoms with E-state index in [9.17, 15) is 19.4 Å². The van der Waals surface area contributed by atoms with Crippen molar-refractivity contribution in [1.82, 2.24) is 14.5 Å². The summed E-state index contributed by atoms with van der Waals surface area (Å²) in [6.45, 7) is 3.46. The molecule has 10 heteroatoms. The van der Waals surface area contributed by atoms with Gasteiger partial charge in [0.15, 0.2) is 5.69 Å². The molecule has 0 radical (unpaired) electrons. The molecule has 0 aliphatic rings. The summed E-state index contributed by atoms with van der Waals surface area (Å²) in [7, 11) is 0. The van der Waals surface area contributed by atoms with Crippen molar-refractivity contribution in [1.29, 1.82) is 0 Å². The minimum atomic E-state index is -2.97. The maximum Gasteiger partial charge on any atom is 0.370 e. The molecule has 0 aromatic carbocycles. The van der Waals surface area contributed by atoms with Crippen LogP contribution in [0.3, 0.4) is 0 Å². The van der Waals surface area contributed by atoms with Crippen LogP contribution < -0.4 is 10.3 Å². The van der Waals surface area contributed by atoms with Crippen LogP contribution in [0.1, 0.15) is 17.0 Å². The third-order valence-electron chi connectivity index (χ3n) is 3.85. The number of pyridine rings is 3. The molecule has 3 aromatic heterocycles. The molecule has 0 fully saturated rings. The average molecular weight is 471 g/mol. The monoisotopic (exact) mass is 469 g/mol. The summed E-state index contributed by atoms with van der Waals surface area (Å²) in [5, 5.41) is 20.1. The average Bonchev–Trinajstić information content (AvgIpc) is 2.56. The van der Waals surface area contributed by atoms with Crippen LogP contribution in [0.25, 0.3) is 5.69 Å². The van der Waals surface area contributed by atoms with Gasteiger partial charge in [0.1, 0.15) is 16.2 Å². The first-order chi connectivity index (χ1) is 13.1. The largest absolute Gasteiger partial charge is 0.434 e. The number of ether oxygens (including phenoxy) is 1. The Morgan fingerprint density at radius 2 is 1.89 bits per heavy atom. The summed E-state index contributed by atoms with van der Waals surface area (Å²) in [6.07, 6.45) is 2.38. The SMILES string of the molecule is Cc1cnc(Br)cc1-n1c(C)cc(OC(O)(O)c2ncc(F)cc2Cl)cc1=O. The molecular weight excluding hydrogens is 457 g/mol. The van der Waals surface area contributed by atoms with Gasteiger partial charge in [-0.05, 0) is 47.5 Å². The molecule has 0 aliphatic carbocycles. The highest BCUT2D eigenvalue weighted by Gasteiger charge is 2.34. The van der Waals surface area contributed by atoms with E-state index >= 15 is 0 Å². The molecule has 2 N–H and O–H groups in total. The first-order valence-electron chi connectivity index (χ1n) is 7.90. The fourth-order valence-corrected chi connectivity index (χ4v) is 3.23. The molecule has 146 valence electrons. The van der Waals surface area contributed by atoms with E-state index in [2.05, 4.69) is 25.9 Å². The Bertz CT molecular complexity index is 1120. The van der Waals surface area contributed by atoms with Crippen LogP contribution >= 0.6 is 27.5 Å². The zero-order valence-corrected chi connectivity index (χ0v) is 17.0. The number of hydrogen-bond donors (Lipinski definition) is 2. The zero-order chi connectivity index (χ0) is 20.6. The van der Waals surface area contributed by atoms with Gasteiger partial charge in [0.2, 0.25) is 0 Å². The minimum absolute atomic E-state index is 0.128. The van der Waals surface area contributed by atoms with Crippen molar-refractivity contribution >= 4 is 27.5 Å². The summed E-state index contributed by atoms with van der Waals surface area (Å²) < 4.78 is 20.2. The molecular formula is C18H14BrClFN3O4. The highest BCUT2D eigenvalue weighted by molar-refractivity contribution is 9.10. The Morgan fingerprint density at radius 3 is 2.54 bits per heavy atom. The lowest BCUT2D eigenvalue weighted by atomic mass is 10.2. The Labute approximate surface area is 172 Å². The molecule has 0 spiro atoms. The van der Waals surface area contributed by atoms with E-state index in [1.807, 2.05) is 0 Å². The van der Waals surface area contributed by atoms with Crippen LogP contribution in [0.15, 0.2) is 46.1 Å². The second-order valence-electron chi connectivity index (χ2n) is 5.99. The van der Waals surface area contributed by atoms with Gasteiger partial charge < -0.3 is 14.9 Å². The molecule has 0 saturated carbocycles. The van der Waals surface area contributed by atoms with Crippen molar-refractivity contribution < 1.29 is 19.3 Å². The van der Waals surface area contributed by atoms with Gasteiger partial charge in [-0.3, -0.25) is 9.36 Å². The van der Waals surface area contributed by atoms with Gasteiger partial charge in [0.05, 0.1) is 16.9 Å². The van der Waals surface area contributed by atoms with Gasteiger partial charge in [-0.1, -0.05) is 11.6 Å². The maximum atomic E-state index is 13.1. The molecule has 3 aromatic rings. The number of aromatic nitrogens is 3. The molecule has 0 amide bonds. The van der Waals surface area contributed by atoms with Crippen molar-refractivity contribution in [3.8, 4) is 11.4 Å². The van der Waals surface area contributed by atoms with Gasteiger partial charge in [-0.25, -0.2) is 14.4 Å². The number of hydrogen-bond acceptors (Lipinski definition) is 6. The molecule has 3 rings (SSSR count). The van der Waals surface area contributed by atoms with E-state index in [0.717, 1.165) is 23.9 Å². The third kappa shape index (κ3) is 4.07. The Balaban J connectivity index is 2.01. The lowest BCUT2D eigenvalue weighted by molar-refractivity contribution is -0.306. The van der Waals surface area contributed by atoms with Crippen molar-refractivity contribution in [2.75, 3.05) is 0 Å². The molecule has 3 heterocycles. The van der Waals surface area contributed by atoms with E-state index in [0.29, 0.717) is 16.0 Å². The Morgan fingerprint density at radius 1 is 1.18 bits per heavy atom.